The molecule has 4 heteroatoms. The monoisotopic (exact) mass is 234 g/mol. The van der Waals surface area contributed by atoms with Crippen molar-refractivity contribution in [3.8, 4) is 0 Å². The van der Waals surface area contributed by atoms with Crippen LogP contribution in [-0.2, 0) is 0 Å². The molecule has 0 unspecified atom stereocenters. The Morgan fingerprint density at radius 2 is 1.14 bits per heavy atom. The molecule has 0 amide bonds. The van der Waals surface area contributed by atoms with Gasteiger partial charge in [-0.3, -0.25) is 0 Å². The van der Waals surface area contributed by atoms with Crippen LogP contribution in [0.1, 0.15) is 38.5 Å². The second-order valence-corrected chi connectivity index (χ2v) is 7.02. The van der Waals surface area contributed by atoms with Gasteiger partial charge in [0, 0.05) is 10.5 Å². The average molecular weight is 234 g/mol. The van der Waals surface area contributed by atoms with Crippen LogP contribution < -0.4 is 0 Å². The second kappa shape index (κ2) is 5.10. The molecule has 4 atom stereocenters. The normalized spacial score (nSPS) is 43.3. The first-order chi connectivity index (χ1) is 6.77. The van der Waals surface area contributed by atoms with Gasteiger partial charge < -0.3 is 10.2 Å². The summed E-state index contributed by atoms with van der Waals surface area (Å²) in [7, 11) is 3.60. The molecule has 0 aromatic rings. The van der Waals surface area contributed by atoms with E-state index in [9.17, 15) is 10.2 Å². The number of hydrogen-bond donors (Lipinski definition) is 2. The third-order valence-electron chi connectivity index (χ3n) is 3.14. The third-order valence-corrected chi connectivity index (χ3v) is 6.66. The van der Waals surface area contributed by atoms with Crippen LogP contribution in [0.2, 0.25) is 0 Å². The number of aliphatic hydroxyl groups excluding tert-OH is 2. The Morgan fingerprint density at radius 1 is 0.714 bits per heavy atom. The van der Waals surface area contributed by atoms with Crippen molar-refractivity contribution in [2.75, 3.05) is 0 Å². The van der Waals surface area contributed by atoms with E-state index in [0.717, 1.165) is 38.5 Å². The number of hydrogen-bond acceptors (Lipinski definition) is 4. The molecular weight excluding hydrogens is 216 g/mol. The van der Waals surface area contributed by atoms with Crippen molar-refractivity contribution in [1.82, 2.24) is 0 Å². The largest absolute Gasteiger partial charge is 0.392 e. The smallest absolute Gasteiger partial charge is 0.0667 e. The molecule has 0 aromatic carbocycles. The maximum atomic E-state index is 9.63. The Labute approximate surface area is 93.2 Å². The van der Waals surface area contributed by atoms with Crippen LogP contribution in [0.5, 0.6) is 0 Å². The zero-order valence-electron chi connectivity index (χ0n) is 8.26. The maximum absolute atomic E-state index is 9.63. The predicted octanol–water partition coefficient (Wildman–Crippen LogP) is 2.19. The fourth-order valence-corrected chi connectivity index (χ4v) is 5.72. The fourth-order valence-electron chi connectivity index (χ4n) is 2.18. The molecule has 0 aliphatic heterocycles. The Morgan fingerprint density at radius 3 is 1.43 bits per heavy atom. The van der Waals surface area contributed by atoms with Gasteiger partial charge in [-0.2, -0.15) is 0 Å². The highest BCUT2D eigenvalue weighted by Crippen LogP contribution is 2.43. The maximum Gasteiger partial charge on any atom is 0.0667 e. The van der Waals surface area contributed by atoms with E-state index in [0.29, 0.717) is 10.5 Å². The molecule has 2 N–H and O–H groups in total. The van der Waals surface area contributed by atoms with Gasteiger partial charge >= 0.3 is 0 Å². The lowest BCUT2D eigenvalue weighted by molar-refractivity contribution is 0.187. The summed E-state index contributed by atoms with van der Waals surface area (Å²) < 4.78 is 0. The summed E-state index contributed by atoms with van der Waals surface area (Å²) in [5, 5.41) is 20.1. The molecular formula is C10H18O2S2. The van der Waals surface area contributed by atoms with Gasteiger partial charge in [0.1, 0.15) is 0 Å². The zero-order valence-corrected chi connectivity index (χ0v) is 9.90. The van der Waals surface area contributed by atoms with Gasteiger partial charge in [-0.05, 0) is 38.5 Å². The molecule has 2 aliphatic carbocycles. The average Bonchev–Trinajstić information content (AvgIpc) is 2.72. The SMILES string of the molecule is O[C@@H]1CCC[C@H]1SS[C@@H]1CCC[C@H]1O. The molecule has 0 bridgehead atoms. The van der Waals surface area contributed by atoms with E-state index in [1.807, 2.05) is 0 Å². The van der Waals surface area contributed by atoms with Gasteiger partial charge in [0.25, 0.3) is 0 Å². The van der Waals surface area contributed by atoms with Gasteiger partial charge in [0.05, 0.1) is 12.2 Å². The van der Waals surface area contributed by atoms with Crippen molar-refractivity contribution in [3.63, 3.8) is 0 Å². The zero-order chi connectivity index (χ0) is 9.97. The summed E-state index contributed by atoms with van der Waals surface area (Å²) >= 11 is 0. The first-order valence-corrected chi connectivity index (χ1v) is 7.73. The molecule has 2 aliphatic rings. The van der Waals surface area contributed by atoms with Gasteiger partial charge in [-0.25, -0.2) is 0 Å². The molecule has 2 nitrogen and oxygen atoms in total. The standard InChI is InChI=1S/C10H18O2S2/c11-7-3-1-5-9(7)13-14-10-6-2-4-8(10)12/h7-12H,1-6H2/t7-,8-,9-,10-/m1/s1. The van der Waals surface area contributed by atoms with Crippen molar-refractivity contribution < 1.29 is 10.2 Å². The number of aliphatic hydroxyl groups is 2. The van der Waals surface area contributed by atoms with E-state index in [-0.39, 0.29) is 12.2 Å². The Kier molecular flexibility index (Phi) is 4.05. The summed E-state index contributed by atoms with van der Waals surface area (Å²) in [6.45, 7) is 0. The van der Waals surface area contributed by atoms with Crippen LogP contribution in [0, 0.1) is 0 Å². The Hall–Kier alpha value is 0.620. The lowest BCUT2D eigenvalue weighted by atomic mass is 10.3. The molecule has 0 spiro atoms. The molecule has 2 rings (SSSR count). The molecule has 14 heavy (non-hydrogen) atoms. The highest BCUT2D eigenvalue weighted by Gasteiger charge is 2.30. The van der Waals surface area contributed by atoms with Crippen molar-refractivity contribution >= 4 is 21.6 Å². The van der Waals surface area contributed by atoms with E-state index in [2.05, 4.69) is 0 Å². The second-order valence-electron chi connectivity index (χ2n) is 4.27. The van der Waals surface area contributed by atoms with E-state index < -0.39 is 0 Å². The van der Waals surface area contributed by atoms with E-state index >= 15 is 0 Å². The van der Waals surface area contributed by atoms with Gasteiger partial charge in [-0.15, -0.1) is 0 Å². The predicted molar refractivity (Wildman–Crippen MR) is 62.5 cm³/mol. The fraction of sp³-hybridized carbons (Fsp3) is 1.00. The Bertz CT molecular complexity index is 169. The number of rotatable bonds is 3. The molecule has 2 fully saturated rings. The van der Waals surface area contributed by atoms with Crippen LogP contribution in [0.25, 0.3) is 0 Å². The summed E-state index contributed by atoms with van der Waals surface area (Å²) in [5.41, 5.74) is 0. The van der Waals surface area contributed by atoms with E-state index in [1.54, 1.807) is 21.6 Å². The minimum atomic E-state index is -0.106. The van der Waals surface area contributed by atoms with E-state index in [1.165, 1.54) is 0 Å². The van der Waals surface area contributed by atoms with Gasteiger partial charge in [-0.1, -0.05) is 21.6 Å². The molecule has 0 radical (unpaired) electrons. The summed E-state index contributed by atoms with van der Waals surface area (Å²) in [6.07, 6.45) is 6.32. The van der Waals surface area contributed by atoms with E-state index in [4.69, 9.17) is 0 Å². The highest BCUT2D eigenvalue weighted by molar-refractivity contribution is 8.77. The van der Waals surface area contributed by atoms with Crippen LogP contribution in [-0.4, -0.2) is 32.9 Å². The topological polar surface area (TPSA) is 40.5 Å². The first kappa shape index (κ1) is 11.1. The molecule has 0 heterocycles. The minimum absolute atomic E-state index is 0.106. The summed E-state index contributed by atoms with van der Waals surface area (Å²) in [5.74, 6) is 0. The lowest BCUT2D eigenvalue weighted by Gasteiger charge is -2.17. The lowest BCUT2D eigenvalue weighted by Crippen LogP contribution is -2.17. The molecule has 0 aromatic heterocycles. The van der Waals surface area contributed by atoms with Crippen LogP contribution >= 0.6 is 21.6 Å². The van der Waals surface area contributed by atoms with Gasteiger partial charge in [0.2, 0.25) is 0 Å². The van der Waals surface area contributed by atoms with Gasteiger partial charge in [0.15, 0.2) is 0 Å². The molecule has 0 saturated heterocycles. The van der Waals surface area contributed by atoms with Crippen LogP contribution in [0.3, 0.4) is 0 Å². The van der Waals surface area contributed by atoms with Crippen molar-refractivity contribution in [3.05, 3.63) is 0 Å². The van der Waals surface area contributed by atoms with Crippen molar-refractivity contribution in [2.45, 2.75) is 61.2 Å². The quantitative estimate of drug-likeness (QED) is 0.735. The molecule has 2 saturated carbocycles. The minimum Gasteiger partial charge on any atom is -0.392 e. The van der Waals surface area contributed by atoms with Crippen molar-refractivity contribution in [1.29, 1.82) is 0 Å². The Balaban J connectivity index is 1.71. The van der Waals surface area contributed by atoms with Crippen molar-refractivity contribution in [2.24, 2.45) is 0 Å². The highest BCUT2D eigenvalue weighted by atomic mass is 33.1. The molecule has 82 valence electrons. The summed E-state index contributed by atoms with van der Waals surface area (Å²) in [4.78, 5) is 0. The van der Waals surface area contributed by atoms with Crippen LogP contribution in [0.4, 0.5) is 0 Å². The van der Waals surface area contributed by atoms with Crippen LogP contribution in [0.15, 0.2) is 0 Å². The first-order valence-electron chi connectivity index (χ1n) is 5.45. The summed E-state index contributed by atoms with van der Waals surface area (Å²) in [6, 6.07) is 0. The third kappa shape index (κ3) is 2.60.